The Balaban J connectivity index is 1.49. The van der Waals surface area contributed by atoms with Crippen LogP contribution in [0, 0.1) is 13.8 Å². The third kappa shape index (κ3) is 4.59. The summed E-state index contributed by atoms with van der Waals surface area (Å²) in [6.07, 6.45) is 1.89. The minimum Gasteiger partial charge on any atom is -0.379 e. The molecule has 1 atom stereocenters. The lowest BCUT2D eigenvalue weighted by molar-refractivity contribution is 0.0170. The Labute approximate surface area is 195 Å². The Kier molecular flexibility index (Phi) is 6.29. The quantitative estimate of drug-likeness (QED) is 0.409. The molecule has 6 nitrogen and oxygen atoms in total. The van der Waals surface area contributed by atoms with Crippen LogP contribution in [0.15, 0.2) is 53.1 Å². The van der Waals surface area contributed by atoms with E-state index < -0.39 is 0 Å². The minimum absolute atomic E-state index is 0.420. The van der Waals surface area contributed by atoms with Gasteiger partial charge in [0.2, 0.25) is 0 Å². The van der Waals surface area contributed by atoms with Gasteiger partial charge in [0.25, 0.3) is 0 Å². The van der Waals surface area contributed by atoms with Crippen molar-refractivity contribution in [3.05, 3.63) is 71.4 Å². The van der Waals surface area contributed by atoms with Gasteiger partial charge in [0.05, 0.1) is 29.9 Å². The van der Waals surface area contributed by atoms with E-state index in [0.717, 1.165) is 79.6 Å². The first-order chi connectivity index (χ1) is 16.1. The summed E-state index contributed by atoms with van der Waals surface area (Å²) in [5, 5.41) is 4.13. The molecule has 5 rings (SSSR count). The molecule has 2 aromatic heterocycles. The van der Waals surface area contributed by atoms with E-state index in [-0.39, 0.29) is 0 Å². The van der Waals surface area contributed by atoms with Gasteiger partial charge in [-0.2, -0.15) is 0 Å². The van der Waals surface area contributed by atoms with Gasteiger partial charge in [0, 0.05) is 37.7 Å². The molecule has 0 amide bonds. The van der Waals surface area contributed by atoms with Crippen molar-refractivity contribution in [1.29, 1.82) is 0 Å². The second-order valence-corrected chi connectivity index (χ2v) is 9.02. The molecule has 3 heterocycles. The Bertz CT molecular complexity index is 1200. The molecule has 0 saturated carbocycles. The second kappa shape index (κ2) is 9.49. The normalized spacial score (nSPS) is 15.8. The maximum Gasteiger partial charge on any atom is 0.141 e. The predicted octanol–water partition coefficient (Wildman–Crippen LogP) is 4.81. The lowest BCUT2D eigenvalue weighted by Gasteiger charge is -2.32. The third-order valence-corrected chi connectivity index (χ3v) is 6.75. The zero-order valence-electron chi connectivity index (χ0n) is 19.8. The van der Waals surface area contributed by atoms with E-state index in [4.69, 9.17) is 14.2 Å². The molecule has 0 aliphatic carbocycles. The first kappa shape index (κ1) is 21.9. The number of hydrogen-bond acceptors (Lipinski definition) is 5. The number of imidazole rings is 1. The molecule has 1 fully saturated rings. The predicted molar refractivity (Wildman–Crippen MR) is 130 cm³/mol. The van der Waals surface area contributed by atoms with Crippen LogP contribution < -0.4 is 0 Å². The summed E-state index contributed by atoms with van der Waals surface area (Å²) in [4.78, 5) is 7.65. The van der Waals surface area contributed by atoms with Crippen LogP contribution in [-0.4, -0.2) is 52.0 Å². The lowest BCUT2D eigenvalue weighted by atomic mass is 10.0. The van der Waals surface area contributed by atoms with Gasteiger partial charge in [0.1, 0.15) is 11.6 Å². The van der Waals surface area contributed by atoms with Crippen molar-refractivity contribution in [3.63, 3.8) is 0 Å². The monoisotopic (exact) mass is 444 g/mol. The van der Waals surface area contributed by atoms with E-state index in [9.17, 15) is 0 Å². The minimum atomic E-state index is 0.420. The molecule has 172 valence electrons. The molecule has 33 heavy (non-hydrogen) atoms. The van der Waals surface area contributed by atoms with E-state index in [1.54, 1.807) is 0 Å². The largest absolute Gasteiger partial charge is 0.379 e. The van der Waals surface area contributed by atoms with Gasteiger partial charge >= 0.3 is 0 Å². The van der Waals surface area contributed by atoms with Crippen molar-refractivity contribution in [2.75, 3.05) is 26.3 Å². The molecule has 4 aromatic rings. The highest BCUT2D eigenvalue weighted by Crippen LogP contribution is 2.30. The molecule has 2 aromatic carbocycles. The maximum absolute atomic E-state index is 5.56. The van der Waals surface area contributed by atoms with E-state index in [2.05, 4.69) is 70.1 Å². The van der Waals surface area contributed by atoms with Gasteiger partial charge in [-0.25, -0.2) is 4.98 Å². The van der Waals surface area contributed by atoms with Crippen LogP contribution in [0.4, 0.5) is 0 Å². The van der Waals surface area contributed by atoms with Crippen LogP contribution in [0.1, 0.15) is 29.8 Å². The highest BCUT2D eigenvalue weighted by atomic mass is 16.5. The van der Waals surface area contributed by atoms with Gasteiger partial charge in [-0.15, -0.1) is 0 Å². The Morgan fingerprint density at radius 3 is 2.52 bits per heavy atom. The molecule has 0 N–H and O–H groups in total. The molecule has 1 saturated heterocycles. The number of fused-ring (bicyclic) bond motifs is 1. The number of hydrogen-bond donors (Lipinski definition) is 0. The molecule has 0 radical (unpaired) electrons. The van der Waals surface area contributed by atoms with Crippen molar-refractivity contribution in [2.45, 2.75) is 46.2 Å². The van der Waals surface area contributed by atoms with Crippen LogP contribution in [0.3, 0.4) is 0 Å². The lowest BCUT2D eigenvalue weighted by Crippen LogP contribution is -2.44. The van der Waals surface area contributed by atoms with Crippen LogP contribution in [0.2, 0.25) is 0 Å². The molecule has 1 aliphatic heterocycles. The average Bonchev–Trinajstić information content (AvgIpc) is 3.37. The summed E-state index contributed by atoms with van der Waals surface area (Å²) in [6.45, 7) is 10.8. The van der Waals surface area contributed by atoms with Crippen molar-refractivity contribution < 1.29 is 9.26 Å². The third-order valence-electron chi connectivity index (χ3n) is 6.75. The molecule has 0 spiro atoms. The zero-order chi connectivity index (χ0) is 22.8. The summed E-state index contributed by atoms with van der Waals surface area (Å²) in [5.74, 6) is 1.99. The molecule has 1 aliphatic rings. The molecule has 6 heteroatoms. The van der Waals surface area contributed by atoms with Gasteiger partial charge in [-0.1, -0.05) is 41.6 Å². The zero-order valence-corrected chi connectivity index (χ0v) is 19.8. The van der Waals surface area contributed by atoms with Crippen LogP contribution in [-0.2, 0) is 24.1 Å². The van der Waals surface area contributed by atoms with Crippen LogP contribution >= 0.6 is 0 Å². The molecular weight excluding hydrogens is 412 g/mol. The Morgan fingerprint density at radius 1 is 1.00 bits per heavy atom. The van der Waals surface area contributed by atoms with Crippen molar-refractivity contribution in [1.82, 2.24) is 19.6 Å². The summed E-state index contributed by atoms with van der Waals surface area (Å²) in [5.41, 5.74) is 6.65. The standard InChI is InChI=1S/C27H32N4O2/c1-19(30-13-15-32-16-14-30)18-31-25-11-10-23(27-20(2)29-33-21(27)3)17-24(25)28-26(31)12-9-22-7-5-4-6-8-22/h4-8,10-11,17,19H,9,12-16,18H2,1-3H3/t19-/m0/s1. The van der Waals surface area contributed by atoms with E-state index in [0.29, 0.717) is 6.04 Å². The van der Waals surface area contributed by atoms with Gasteiger partial charge < -0.3 is 13.8 Å². The number of aryl methyl sites for hydroxylation is 4. The van der Waals surface area contributed by atoms with Gasteiger partial charge in [0.15, 0.2) is 0 Å². The molecule has 0 unspecified atom stereocenters. The highest BCUT2D eigenvalue weighted by molar-refractivity contribution is 5.83. The first-order valence-electron chi connectivity index (χ1n) is 11.9. The van der Waals surface area contributed by atoms with Crippen molar-refractivity contribution in [3.8, 4) is 11.1 Å². The van der Waals surface area contributed by atoms with Crippen molar-refractivity contribution >= 4 is 11.0 Å². The summed E-state index contributed by atoms with van der Waals surface area (Å²) in [7, 11) is 0. The number of ether oxygens (including phenoxy) is 1. The van der Waals surface area contributed by atoms with Crippen LogP contribution in [0.5, 0.6) is 0 Å². The summed E-state index contributed by atoms with van der Waals surface area (Å²) < 4.78 is 13.4. The van der Waals surface area contributed by atoms with Crippen LogP contribution in [0.25, 0.3) is 22.2 Å². The number of aromatic nitrogens is 3. The SMILES string of the molecule is Cc1noc(C)c1-c1ccc2c(c1)nc(CCc1ccccc1)n2C[C@H](C)N1CCOCC1. The smallest absolute Gasteiger partial charge is 0.141 e. The van der Waals surface area contributed by atoms with E-state index >= 15 is 0 Å². The average molecular weight is 445 g/mol. The number of nitrogens with zero attached hydrogens (tertiary/aromatic N) is 4. The fourth-order valence-corrected chi connectivity index (χ4v) is 4.92. The Morgan fingerprint density at radius 2 is 1.79 bits per heavy atom. The topological polar surface area (TPSA) is 56.3 Å². The molecule has 0 bridgehead atoms. The molecular formula is C27H32N4O2. The number of morpholine rings is 1. The second-order valence-electron chi connectivity index (χ2n) is 9.02. The Hall–Kier alpha value is -2.96. The highest BCUT2D eigenvalue weighted by Gasteiger charge is 2.21. The number of rotatable bonds is 7. The van der Waals surface area contributed by atoms with Gasteiger partial charge in [-0.05, 0) is 50.5 Å². The fourth-order valence-electron chi connectivity index (χ4n) is 4.92. The van der Waals surface area contributed by atoms with Gasteiger partial charge in [-0.3, -0.25) is 4.90 Å². The summed E-state index contributed by atoms with van der Waals surface area (Å²) >= 11 is 0. The maximum atomic E-state index is 5.56. The van der Waals surface area contributed by atoms with E-state index in [1.165, 1.54) is 11.1 Å². The number of benzene rings is 2. The van der Waals surface area contributed by atoms with E-state index in [1.807, 2.05) is 13.8 Å². The first-order valence-corrected chi connectivity index (χ1v) is 11.9. The summed E-state index contributed by atoms with van der Waals surface area (Å²) in [6, 6.07) is 17.7. The fraction of sp³-hybridized carbons (Fsp3) is 0.407. The van der Waals surface area contributed by atoms with Crippen molar-refractivity contribution in [2.24, 2.45) is 0 Å².